The Hall–Kier alpha value is -1.68. The molecular formula is C11H12ClO4-. The summed E-state index contributed by atoms with van der Waals surface area (Å²) >= 11 is 4.08. The molecule has 1 N–H and O–H groups in total. The molecule has 0 radical (unpaired) electrons. The van der Waals surface area contributed by atoms with Gasteiger partial charge in [-0.2, -0.15) is 0 Å². The fourth-order valence-corrected chi connectivity index (χ4v) is 1.02. The van der Waals surface area contributed by atoms with Crippen LogP contribution in [0, 0.1) is 0 Å². The number of carbonyl (C=O) groups is 1. The lowest BCUT2D eigenvalue weighted by atomic mass is 10.1. The highest BCUT2D eigenvalue weighted by Crippen LogP contribution is 2.26. The van der Waals surface area contributed by atoms with Crippen LogP contribution in [0.15, 0.2) is 30.9 Å². The van der Waals surface area contributed by atoms with Crippen LogP contribution in [0.4, 0.5) is 4.79 Å². The van der Waals surface area contributed by atoms with Crippen molar-refractivity contribution in [3.8, 4) is 11.5 Å². The van der Waals surface area contributed by atoms with Gasteiger partial charge in [-0.15, -0.1) is 6.58 Å². The molecule has 0 amide bonds. The number of rotatable bonds is 3. The number of allylic oxidation sites excluding steroid dienone is 1. The second kappa shape index (κ2) is 7.59. The number of phenolic OH excluding ortho intramolecular Hbond substituents is 1. The van der Waals surface area contributed by atoms with Gasteiger partial charge in [-0.3, -0.25) is 0 Å². The van der Waals surface area contributed by atoms with Crippen LogP contribution in [0.2, 0.25) is 0 Å². The molecule has 0 aromatic heterocycles. The summed E-state index contributed by atoms with van der Waals surface area (Å²) in [5.41, 5.74) is -0.528. The molecule has 16 heavy (non-hydrogen) atoms. The van der Waals surface area contributed by atoms with Gasteiger partial charge in [0.15, 0.2) is 11.5 Å². The summed E-state index contributed by atoms with van der Waals surface area (Å²) in [6.45, 7) is 3.63. The third-order valence-electron chi connectivity index (χ3n) is 1.62. The number of aromatic hydroxyl groups is 1. The number of methoxy groups -OCH3 is 1. The van der Waals surface area contributed by atoms with Crippen molar-refractivity contribution in [3.05, 3.63) is 36.4 Å². The monoisotopic (exact) mass is 243 g/mol. The summed E-state index contributed by atoms with van der Waals surface area (Å²) in [5.74, 6) is 0.680. The largest absolute Gasteiger partial charge is 0.534 e. The van der Waals surface area contributed by atoms with Gasteiger partial charge in [0.05, 0.1) is 7.11 Å². The summed E-state index contributed by atoms with van der Waals surface area (Å²) in [6.07, 6.45) is 2.60. The Labute approximate surface area is 98.7 Å². The van der Waals surface area contributed by atoms with Gasteiger partial charge in [-0.1, -0.05) is 23.7 Å². The van der Waals surface area contributed by atoms with E-state index in [1.54, 1.807) is 12.1 Å². The highest BCUT2D eigenvalue weighted by atomic mass is 35.5. The molecule has 0 bridgehead atoms. The van der Waals surface area contributed by atoms with Gasteiger partial charge in [0.2, 0.25) is 0 Å². The lowest BCUT2D eigenvalue weighted by Gasteiger charge is -2.04. The van der Waals surface area contributed by atoms with Gasteiger partial charge in [0.1, 0.15) is 5.43 Å². The average molecular weight is 244 g/mol. The molecule has 0 saturated carbocycles. The van der Waals surface area contributed by atoms with E-state index in [0.29, 0.717) is 5.75 Å². The average Bonchev–Trinajstić information content (AvgIpc) is 2.20. The number of phenols is 1. The molecule has 1 aromatic carbocycles. The van der Waals surface area contributed by atoms with E-state index < -0.39 is 5.43 Å². The van der Waals surface area contributed by atoms with E-state index in [0.717, 1.165) is 12.0 Å². The van der Waals surface area contributed by atoms with Crippen molar-refractivity contribution in [3.63, 3.8) is 0 Å². The highest BCUT2D eigenvalue weighted by Gasteiger charge is 2.00. The minimum atomic E-state index is -1.61. The van der Waals surface area contributed by atoms with Crippen LogP contribution < -0.4 is 9.84 Å². The normalized spacial score (nSPS) is 8.62. The zero-order valence-corrected chi connectivity index (χ0v) is 9.53. The minimum Gasteiger partial charge on any atom is -0.534 e. The van der Waals surface area contributed by atoms with E-state index >= 15 is 0 Å². The minimum absolute atomic E-state index is 0.172. The second-order valence-electron chi connectivity index (χ2n) is 2.74. The van der Waals surface area contributed by atoms with E-state index in [4.69, 9.17) is 14.6 Å². The summed E-state index contributed by atoms with van der Waals surface area (Å²) in [4.78, 5) is 8.65. The fraction of sp³-hybridized carbons (Fsp3) is 0.182. The lowest BCUT2D eigenvalue weighted by Crippen LogP contribution is -2.11. The van der Waals surface area contributed by atoms with Crippen molar-refractivity contribution in [2.45, 2.75) is 6.42 Å². The molecule has 1 rings (SSSR count). The number of halogens is 1. The molecule has 0 heterocycles. The third-order valence-corrected chi connectivity index (χ3v) is 1.62. The standard InChI is InChI=1S/C10H12O2.CHClO2/c1-3-4-8-5-6-9(11)10(7-8)12-2;2-1(3)4/h3,5-7,11H,1,4H2,2H3;(H,3,4)/p-1. The summed E-state index contributed by atoms with van der Waals surface area (Å²) in [6, 6.07) is 5.27. The van der Waals surface area contributed by atoms with Gasteiger partial charge in [0, 0.05) is 0 Å². The van der Waals surface area contributed by atoms with Crippen LogP contribution in [0.3, 0.4) is 0 Å². The van der Waals surface area contributed by atoms with Crippen LogP contribution in [-0.4, -0.2) is 17.6 Å². The van der Waals surface area contributed by atoms with E-state index in [1.807, 2.05) is 12.1 Å². The van der Waals surface area contributed by atoms with Crippen LogP contribution in [0.1, 0.15) is 5.56 Å². The molecule has 0 fully saturated rings. The number of hydrogen-bond donors (Lipinski definition) is 1. The van der Waals surface area contributed by atoms with E-state index in [2.05, 4.69) is 18.2 Å². The maximum absolute atomic E-state index is 9.25. The van der Waals surface area contributed by atoms with E-state index in [9.17, 15) is 5.11 Å². The molecule has 0 aliphatic carbocycles. The SMILES string of the molecule is C=CCc1ccc(O)c(OC)c1.O=C([O-])Cl. The Morgan fingerprint density at radius 3 is 2.69 bits per heavy atom. The van der Waals surface area contributed by atoms with Gasteiger partial charge >= 0.3 is 0 Å². The van der Waals surface area contributed by atoms with Crippen LogP contribution in [0.5, 0.6) is 11.5 Å². The number of carboxylic acid groups (broad SMARTS) is 1. The molecule has 4 nitrogen and oxygen atoms in total. The topological polar surface area (TPSA) is 69.6 Å². The molecule has 0 aliphatic rings. The van der Waals surface area contributed by atoms with Crippen molar-refractivity contribution in [1.82, 2.24) is 0 Å². The Morgan fingerprint density at radius 2 is 2.25 bits per heavy atom. The molecule has 88 valence electrons. The van der Waals surface area contributed by atoms with Gasteiger partial charge in [-0.05, 0) is 24.1 Å². The lowest BCUT2D eigenvalue weighted by molar-refractivity contribution is -0.233. The summed E-state index contributed by atoms with van der Waals surface area (Å²) < 4.78 is 4.95. The predicted molar refractivity (Wildman–Crippen MR) is 59.8 cm³/mol. The maximum atomic E-state index is 9.25. The predicted octanol–water partition coefficient (Wildman–Crippen LogP) is 1.70. The first kappa shape index (κ1) is 14.3. The smallest absolute Gasteiger partial charge is 0.160 e. The van der Waals surface area contributed by atoms with Crippen LogP contribution in [0.25, 0.3) is 0 Å². The number of carbonyl (C=O) groups excluding carboxylic acids is 1. The molecule has 0 spiro atoms. The first-order valence-corrected chi connectivity index (χ1v) is 4.72. The number of ether oxygens (including phenoxy) is 1. The Balaban J connectivity index is 0.000000487. The highest BCUT2D eigenvalue weighted by molar-refractivity contribution is 6.59. The Kier molecular flexibility index (Phi) is 6.79. The zero-order valence-electron chi connectivity index (χ0n) is 8.77. The van der Waals surface area contributed by atoms with Crippen LogP contribution in [-0.2, 0) is 6.42 Å². The third kappa shape index (κ3) is 5.93. The first-order valence-electron chi connectivity index (χ1n) is 4.34. The first-order chi connectivity index (χ1) is 7.51. The fourth-order valence-electron chi connectivity index (χ4n) is 1.02. The molecule has 0 atom stereocenters. The van der Waals surface area contributed by atoms with Gasteiger partial charge < -0.3 is 19.7 Å². The van der Waals surface area contributed by atoms with Crippen molar-refractivity contribution >= 4 is 17.0 Å². The van der Waals surface area contributed by atoms with E-state index in [1.165, 1.54) is 7.11 Å². The Morgan fingerprint density at radius 1 is 1.69 bits per heavy atom. The molecule has 1 aromatic rings. The molecular weight excluding hydrogens is 232 g/mol. The van der Waals surface area contributed by atoms with Crippen molar-refractivity contribution in [1.29, 1.82) is 0 Å². The van der Waals surface area contributed by atoms with Crippen molar-refractivity contribution in [2.75, 3.05) is 7.11 Å². The number of hydrogen-bond acceptors (Lipinski definition) is 4. The summed E-state index contributed by atoms with van der Waals surface area (Å²) in [7, 11) is 1.53. The van der Waals surface area contributed by atoms with Crippen molar-refractivity contribution in [2.24, 2.45) is 0 Å². The quantitative estimate of drug-likeness (QED) is 0.648. The molecule has 5 heteroatoms. The zero-order chi connectivity index (χ0) is 12.6. The summed E-state index contributed by atoms with van der Waals surface area (Å²) in [5, 5.41) is 17.9. The number of benzene rings is 1. The van der Waals surface area contributed by atoms with E-state index in [-0.39, 0.29) is 5.75 Å². The Bertz CT molecular complexity index is 359. The van der Waals surface area contributed by atoms with Gasteiger partial charge in [-0.25, -0.2) is 0 Å². The van der Waals surface area contributed by atoms with Crippen LogP contribution >= 0.6 is 11.6 Å². The van der Waals surface area contributed by atoms with Gasteiger partial charge in [0.25, 0.3) is 0 Å². The molecule has 0 aliphatic heterocycles. The maximum Gasteiger partial charge on any atom is 0.160 e. The van der Waals surface area contributed by atoms with Crippen molar-refractivity contribution < 1.29 is 19.7 Å². The molecule has 0 unspecified atom stereocenters. The second-order valence-corrected chi connectivity index (χ2v) is 3.05. The molecule has 0 saturated heterocycles.